The lowest BCUT2D eigenvalue weighted by Gasteiger charge is -2.42. The monoisotopic (exact) mass is 776 g/mol. The molecule has 0 spiro atoms. The van der Waals surface area contributed by atoms with Gasteiger partial charge in [0.1, 0.15) is 18.1 Å². The van der Waals surface area contributed by atoms with E-state index in [0.717, 1.165) is 40.1 Å². The minimum atomic E-state index is -4.56. The van der Waals surface area contributed by atoms with Crippen molar-refractivity contribution in [2.24, 2.45) is 11.8 Å². The molecule has 0 aromatic heterocycles. The zero-order valence-electron chi connectivity index (χ0n) is 31.3. The lowest BCUT2D eigenvalue weighted by atomic mass is 9.86. The van der Waals surface area contributed by atoms with Gasteiger partial charge in [0, 0.05) is 24.1 Å². The molecule has 6 atom stereocenters. The summed E-state index contributed by atoms with van der Waals surface area (Å²) in [5.41, 5.74) is 3.65. The Labute approximate surface area is 326 Å². The number of piperidine rings is 1. The number of hydrogen-bond donors (Lipinski definition) is 2. The Morgan fingerprint density at radius 1 is 0.727 bits per heavy atom. The molecule has 8 nitrogen and oxygen atoms in total. The van der Waals surface area contributed by atoms with Crippen LogP contribution in [0.2, 0.25) is 0 Å². The van der Waals surface area contributed by atoms with Crippen LogP contribution < -0.4 is 15.5 Å². The van der Waals surface area contributed by atoms with E-state index in [1.165, 1.54) is 11.8 Å². The van der Waals surface area contributed by atoms with E-state index < -0.39 is 53.3 Å². The number of rotatable bonds is 12. The Hall–Kier alpha value is -4.32. The molecular weight excluding hydrogens is 726 g/mol. The van der Waals surface area contributed by atoms with Crippen molar-refractivity contribution in [1.29, 1.82) is 0 Å². The number of nitrogens with zero attached hydrogens (tertiary/aromatic N) is 2. The fourth-order valence-electron chi connectivity index (χ4n) is 8.21. The van der Waals surface area contributed by atoms with Crippen LogP contribution in [-0.2, 0) is 32.0 Å². The van der Waals surface area contributed by atoms with Crippen LogP contribution in [0.3, 0.4) is 0 Å². The number of hydrogen-bond acceptors (Lipinski definition) is 5. The predicted octanol–water partition coefficient (Wildman–Crippen LogP) is 7.39. The third-order valence-corrected chi connectivity index (χ3v) is 12.5. The Bertz CT molecular complexity index is 1780. The number of thioether (sulfide) groups is 1. The van der Waals surface area contributed by atoms with Gasteiger partial charge in [-0.1, -0.05) is 78.9 Å². The molecule has 3 aromatic rings. The van der Waals surface area contributed by atoms with Gasteiger partial charge in [0.2, 0.25) is 23.6 Å². The minimum Gasteiger partial charge on any atom is -0.344 e. The molecular formula is C43H51F3N4O4S. The van der Waals surface area contributed by atoms with Crippen LogP contribution in [0.5, 0.6) is 0 Å². The maximum Gasteiger partial charge on any atom is 0.408 e. The summed E-state index contributed by atoms with van der Waals surface area (Å²) >= 11 is 1.35. The van der Waals surface area contributed by atoms with Crippen molar-refractivity contribution in [2.75, 3.05) is 17.2 Å². The number of carbonyl (C=O) groups is 4. The Morgan fingerprint density at radius 2 is 1.29 bits per heavy atom. The van der Waals surface area contributed by atoms with Crippen molar-refractivity contribution >= 4 is 41.1 Å². The van der Waals surface area contributed by atoms with Crippen LogP contribution in [0.25, 0.3) is 0 Å². The zero-order chi connectivity index (χ0) is 39.0. The van der Waals surface area contributed by atoms with Crippen molar-refractivity contribution < 1.29 is 32.3 Å². The molecule has 55 heavy (non-hydrogen) atoms. The highest BCUT2D eigenvalue weighted by Crippen LogP contribution is 2.40. The van der Waals surface area contributed by atoms with Crippen LogP contribution in [-0.4, -0.2) is 70.5 Å². The molecule has 0 radical (unpaired) electrons. The van der Waals surface area contributed by atoms with E-state index in [4.69, 9.17) is 0 Å². The third kappa shape index (κ3) is 10.3. The molecule has 3 fully saturated rings. The second-order valence-electron chi connectivity index (χ2n) is 15.1. The summed E-state index contributed by atoms with van der Waals surface area (Å²) in [4.78, 5) is 58.9. The van der Waals surface area contributed by atoms with Crippen molar-refractivity contribution in [3.8, 4) is 0 Å². The predicted molar refractivity (Wildman–Crippen MR) is 209 cm³/mol. The lowest BCUT2D eigenvalue weighted by Crippen LogP contribution is -2.59. The molecule has 0 saturated carbocycles. The minimum absolute atomic E-state index is 0.144. The number of anilines is 1. The van der Waals surface area contributed by atoms with Gasteiger partial charge in [-0.25, -0.2) is 0 Å². The molecule has 0 bridgehead atoms. The maximum absolute atomic E-state index is 14.2. The summed E-state index contributed by atoms with van der Waals surface area (Å²) in [6, 6.07) is 23.1. The van der Waals surface area contributed by atoms with Crippen LogP contribution in [0.4, 0.5) is 18.9 Å². The van der Waals surface area contributed by atoms with Gasteiger partial charge in [0.05, 0.1) is 5.37 Å². The number of nitrogens with one attached hydrogen (secondary N) is 2. The molecule has 0 aliphatic carbocycles. The van der Waals surface area contributed by atoms with Crippen molar-refractivity contribution in [1.82, 2.24) is 15.5 Å². The molecule has 294 valence electrons. The number of alkyl halides is 3. The number of halogens is 3. The van der Waals surface area contributed by atoms with Crippen molar-refractivity contribution in [3.63, 3.8) is 0 Å². The van der Waals surface area contributed by atoms with Crippen LogP contribution in [0, 0.1) is 18.8 Å². The first-order valence-electron chi connectivity index (χ1n) is 19.6. The summed E-state index contributed by atoms with van der Waals surface area (Å²) < 4.78 is 42.4. The zero-order valence-corrected chi connectivity index (χ0v) is 32.1. The summed E-state index contributed by atoms with van der Waals surface area (Å²) in [7, 11) is 0. The number of fused-ring (bicyclic) bond motifs is 1. The molecule has 3 saturated heterocycles. The molecule has 3 aromatic carbocycles. The Morgan fingerprint density at radius 3 is 1.87 bits per heavy atom. The highest BCUT2D eigenvalue weighted by atomic mass is 32.2. The Balaban J connectivity index is 1.20. The average Bonchev–Trinajstić information content (AvgIpc) is 3.45. The lowest BCUT2D eigenvalue weighted by molar-refractivity contribution is -0.198. The fraction of sp³-hybridized carbons (Fsp3) is 0.488. The second-order valence-corrected chi connectivity index (χ2v) is 16.4. The first-order valence-corrected chi connectivity index (χ1v) is 20.6. The third-order valence-electron chi connectivity index (χ3n) is 11.2. The number of para-hydroxylation sites is 1. The van der Waals surface area contributed by atoms with E-state index in [1.807, 2.05) is 91.9 Å². The SMILES string of the molecule is Cc1ccccc1N1CCCCC(NC(=O)C(CCC(Cc2ccccc2)C(=O)NC2CCSC3CCCC(C(F)(F)F)N3C2=O)Cc2ccccc2)C1=O. The summed E-state index contributed by atoms with van der Waals surface area (Å²) in [6.45, 7) is 2.53. The molecule has 3 heterocycles. The summed E-state index contributed by atoms with van der Waals surface area (Å²) in [5.74, 6) is -2.30. The van der Waals surface area contributed by atoms with Gasteiger partial charge in [0.15, 0.2) is 0 Å². The maximum atomic E-state index is 14.2. The van der Waals surface area contributed by atoms with Gasteiger partial charge in [-0.05, 0) is 106 Å². The normalized spacial score (nSPS) is 23.2. The van der Waals surface area contributed by atoms with Gasteiger partial charge in [-0.3, -0.25) is 19.2 Å². The Kier molecular flexibility index (Phi) is 13.6. The first kappa shape index (κ1) is 40.3. The standard InChI is InChI=1S/C43H51F3N4O4S/c1-29-13-8-9-19-36(29)49-25-11-10-18-34(41(49)53)47-39(51)32(27-30-14-4-2-5-15-30)22-23-33(28-31-16-6-3-7-17-31)40(52)48-35-24-26-55-38-21-12-20-37(43(44,45)46)50(38)42(35)54/h2-9,13-17,19,32-35,37-38H,10-12,18,20-28H2,1H3,(H,47,51)(H,48,52). The molecule has 12 heteroatoms. The van der Waals surface area contributed by atoms with Gasteiger partial charge in [-0.15, -0.1) is 11.8 Å². The number of benzene rings is 3. The molecule has 6 unspecified atom stereocenters. The summed E-state index contributed by atoms with van der Waals surface area (Å²) in [6.07, 6.45) is -0.169. The highest BCUT2D eigenvalue weighted by molar-refractivity contribution is 7.99. The smallest absolute Gasteiger partial charge is 0.344 e. The van der Waals surface area contributed by atoms with E-state index in [2.05, 4.69) is 10.6 Å². The quantitative estimate of drug-likeness (QED) is 0.200. The molecule has 2 N–H and O–H groups in total. The van der Waals surface area contributed by atoms with E-state index in [1.54, 1.807) is 4.90 Å². The average molecular weight is 777 g/mol. The van der Waals surface area contributed by atoms with Crippen molar-refractivity contribution in [2.45, 2.75) is 107 Å². The highest BCUT2D eigenvalue weighted by Gasteiger charge is 2.51. The van der Waals surface area contributed by atoms with Gasteiger partial charge in [-0.2, -0.15) is 13.2 Å². The van der Waals surface area contributed by atoms with E-state index >= 15 is 0 Å². The topological polar surface area (TPSA) is 98.8 Å². The van der Waals surface area contributed by atoms with Crippen LogP contribution >= 0.6 is 11.8 Å². The van der Waals surface area contributed by atoms with E-state index in [0.29, 0.717) is 50.8 Å². The largest absolute Gasteiger partial charge is 0.408 e. The molecule has 6 rings (SSSR count). The second kappa shape index (κ2) is 18.5. The van der Waals surface area contributed by atoms with E-state index in [9.17, 15) is 32.3 Å². The van der Waals surface area contributed by atoms with Gasteiger partial charge in [0.25, 0.3) is 0 Å². The number of carbonyl (C=O) groups excluding carboxylic acids is 4. The molecule has 4 amide bonds. The first-order chi connectivity index (χ1) is 26.5. The van der Waals surface area contributed by atoms with E-state index in [-0.39, 0.29) is 31.1 Å². The number of aryl methyl sites for hydroxylation is 1. The van der Waals surface area contributed by atoms with Gasteiger partial charge < -0.3 is 20.4 Å². The number of amides is 4. The van der Waals surface area contributed by atoms with Crippen LogP contribution in [0.15, 0.2) is 84.9 Å². The van der Waals surface area contributed by atoms with Crippen LogP contribution in [0.1, 0.15) is 74.5 Å². The summed E-state index contributed by atoms with van der Waals surface area (Å²) in [5, 5.41) is 5.40. The molecule has 3 aliphatic heterocycles. The molecule has 3 aliphatic rings. The fourth-order valence-corrected chi connectivity index (χ4v) is 9.60. The van der Waals surface area contributed by atoms with Gasteiger partial charge >= 0.3 is 6.18 Å². The van der Waals surface area contributed by atoms with Crippen molar-refractivity contribution in [3.05, 3.63) is 102 Å².